The number of carbonyl (C=O) groups is 2. The van der Waals surface area contributed by atoms with Gasteiger partial charge >= 0.3 is 11.9 Å². The lowest BCUT2D eigenvalue weighted by Gasteiger charge is -2.15. The van der Waals surface area contributed by atoms with Gasteiger partial charge in [0.15, 0.2) is 0 Å². The SMILES string of the molecule is COC(=O)C(Oc1ccccc1C)C(=O)OC. The van der Waals surface area contributed by atoms with E-state index in [0.717, 1.165) is 5.56 Å². The number of aryl methyl sites for hydroxylation is 1. The van der Waals surface area contributed by atoms with Crippen LogP contribution in [0.15, 0.2) is 24.3 Å². The van der Waals surface area contributed by atoms with E-state index < -0.39 is 18.0 Å². The molecule has 5 nitrogen and oxygen atoms in total. The Hall–Kier alpha value is -2.04. The molecule has 1 aromatic rings. The summed E-state index contributed by atoms with van der Waals surface area (Å²) >= 11 is 0. The second-order valence-corrected chi connectivity index (χ2v) is 3.31. The van der Waals surface area contributed by atoms with Crippen molar-refractivity contribution in [2.45, 2.75) is 13.0 Å². The summed E-state index contributed by atoms with van der Waals surface area (Å²) in [5, 5.41) is 0. The third-order valence-electron chi connectivity index (χ3n) is 2.17. The van der Waals surface area contributed by atoms with Gasteiger partial charge in [-0.2, -0.15) is 0 Å². The maximum atomic E-state index is 11.4. The minimum absolute atomic E-state index is 0.438. The van der Waals surface area contributed by atoms with Crippen molar-refractivity contribution in [3.05, 3.63) is 29.8 Å². The molecule has 0 aromatic heterocycles. The van der Waals surface area contributed by atoms with Gasteiger partial charge in [0.1, 0.15) is 5.75 Å². The predicted molar refractivity (Wildman–Crippen MR) is 59.6 cm³/mol. The van der Waals surface area contributed by atoms with Gasteiger partial charge in [0.25, 0.3) is 6.10 Å². The number of carbonyl (C=O) groups excluding carboxylic acids is 2. The van der Waals surface area contributed by atoms with Crippen LogP contribution < -0.4 is 4.74 Å². The Morgan fingerprint density at radius 2 is 1.59 bits per heavy atom. The Labute approximate surface area is 99.3 Å². The van der Waals surface area contributed by atoms with E-state index in [-0.39, 0.29) is 0 Å². The van der Waals surface area contributed by atoms with Gasteiger partial charge in [-0.3, -0.25) is 0 Å². The van der Waals surface area contributed by atoms with Crippen LogP contribution in [0.1, 0.15) is 5.56 Å². The Morgan fingerprint density at radius 3 is 2.06 bits per heavy atom. The molecule has 0 spiro atoms. The molecule has 0 saturated heterocycles. The van der Waals surface area contributed by atoms with Gasteiger partial charge in [-0.15, -0.1) is 0 Å². The maximum absolute atomic E-state index is 11.4. The highest BCUT2D eigenvalue weighted by molar-refractivity contribution is 5.98. The number of ether oxygens (including phenoxy) is 3. The number of methoxy groups -OCH3 is 2. The van der Waals surface area contributed by atoms with Crippen molar-refractivity contribution in [3.63, 3.8) is 0 Å². The highest BCUT2D eigenvalue weighted by Crippen LogP contribution is 2.18. The Bertz CT molecular complexity index is 397. The van der Waals surface area contributed by atoms with Crippen molar-refractivity contribution in [2.24, 2.45) is 0 Å². The van der Waals surface area contributed by atoms with Crippen molar-refractivity contribution in [1.82, 2.24) is 0 Å². The fourth-order valence-electron chi connectivity index (χ4n) is 1.22. The van der Waals surface area contributed by atoms with Gasteiger partial charge in [-0.25, -0.2) is 9.59 Å². The molecular weight excluding hydrogens is 224 g/mol. The average molecular weight is 238 g/mol. The van der Waals surface area contributed by atoms with E-state index in [4.69, 9.17) is 4.74 Å². The molecule has 0 unspecified atom stereocenters. The van der Waals surface area contributed by atoms with E-state index in [1.54, 1.807) is 25.1 Å². The lowest BCUT2D eigenvalue weighted by Crippen LogP contribution is -2.37. The smallest absolute Gasteiger partial charge is 0.359 e. The lowest BCUT2D eigenvalue weighted by atomic mass is 10.2. The van der Waals surface area contributed by atoms with Gasteiger partial charge in [0, 0.05) is 0 Å². The molecule has 0 aliphatic rings. The maximum Gasteiger partial charge on any atom is 0.359 e. The largest absolute Gasteiger partial charge is 0.467 e. The molecular formula is C12H14O5. The Kier molecular flexibility index (Phi) is 4.51. The first kappa shape index (κ1) is 13.0. The van der Waals surface area contributed by atoms with Gasteiger partial charge in [0.2, 0.25) is 0 Å². The van der Waals surface area contributed by atoms with Gasteiger partial charge < -0.3 is 14.2 Å². The zero-order valence-electron chi connectivity index (χ0n) is 9.93. The number of para-hydroxylation sites is 1. The zero-order valence-corrected chi connectivity index (χ0v) is 9.93. The van der Waals surface area contributed by atoms with Crippen molar-refractivity contribution in [2.75, 3.05) is 14.2 Å². The molecule has 1 rings (SSSR count). The molecule has 92 valence electrons. The van der Waals surface area contributed by atoms with Crippen LogP contribution in [0.5, 0.6) is 5.75 Å². The number of hydrogen-bond acceptors (Lipinski definition) is 5. The van der Waals surface area contributed by atoms with Gasteiger partial charge in [0.05, 0.1) is 14.2 Å². The summed E-state index contributed by atoms with van der Waals surface area (Å²) in [5.41, 5.74) is 0.810. The molecule has 1 aromatic carbocycles. The van der Waals surface area contributed by atoms with E-state index in [1.165, 1.54) is 14.2 Å². The second-order valence-electron chi connectivity index (χ2n) is 3.31. The number of hydrogen-bond donors (Lipinski definition) is 0. The van der Waals surface area contributed by atoms with Crippen molar-refractivity contribution < 1.29 is 23.8 Å². The second kappa shape index (κ2) is 5.89. The van der Waals surface area contributed by atoms with Crippen LogP contribution in [0.2, 0.25) is 0 Å². The van der Waals surface area contributed by atoms with E-state index in [0.29, 0.717) is 5.75 Å². The molecule has 0 aliphatic heterocycles. The number of benzene rings is 1. The van der Waals surface area contributed by atoms with Crippen LogP contribution in [0, 0.1) is 6.92 Å². The first-order chi connectivity index (χ1) is 8.10. The monoisotopic (exact) mass is 238 g/mol. The van der Waals surface area contributed by atoms with E-state index >= 15 is 0 Å². The van der Waals surface area contributed by atoms with E-state index in [2.05, 4.69) is 9.47 Å². The topological polar surface area (TPSA) is 61.8 Å². The van der Waals surface area contributed by atoms with Gasteiger partial charge in [-0.05, 0) is 18.6 Å². The molecule has 0 saturated carbocycles. The molecule has 0 radical (unpaired) electrons. The quantitative estimate of drug-likeness (QED) is 0.580. The summed E-state index contributed by atoms with van der Waals surface area (Å²) in [7, 11) is 2.36. The molecule has 0 bridgehead atoms. The first-order valence-corrected chi connectivity index (χ1v) is 4.98. The molecule has 0 amide bonds. The molecule has 0 aliphatic carbocycles. The van der Waals surface area contributed by atoms with Gasteiger partial charge in [-0.1, -0.05) is 18.2 Å². The third kappa shape index (κ3) is 3.21. The van der Waals surface area contributed by atoms with Crippen molar-refractivity contribution in [1.29, 1.82) is 0 Å². The molecule has 0 heterocycles. The molecule has 5 heteroatoms. The fraction of sp³-hybridized carbons (Fsp3) is 0.333. The van der Waals surface area contributed by atoms with Crippen LogP contribution in [0.25, 0.3) is 0 Å². The first-order valence-electron chi connectivity index (χ1n) is 4.98. The van der Waals surface area contributed by atoms with Crippen LogP contribution in [0.3, 0.4) is 0 Å². The molecule has 0 atom stereocenters. The minimum Gasteiger partial charge on any atom is -0.467 e. The fourth-order valence-corrected chi connectivity index (χ4v) is 1.22. The Balaban J connectivity index is 2.91. The highest BCUT2D eigenvalue weighted by Gasteiger charge is 2.31. The zero-order chi connectivity index (χ0) is 12.8. The number of rotatable bonds is 4. The van der Waals surface area contributed by atoms with E-state index in [9.17, 15) is 9.59 Å². The Morgan fingerprint density at radius 1 is 1.06 bits per heavy atom. The molecule has 17 heavy (non-hydrogen) atoms. The standard InChI is InChI=1S/C12H14O5/c1-8-6-4-5-7-9(8)17-10(11(13)15-2)12(14)16-3/h4-7,10H,1-3H3. The van der Waals surface area contributed by atoms with Crippen LogP contribution in [-0.4, -0.2) is 32.3 Å². The van der Waals surface area contributed by atoms with Crippen LogP contribution in [0.4, 0.5) is 0 Å². The highest BCUT2D eigenvalue weighted by atomic mass is 16.6. The summed E-state index contributed by atoms with van der Waals surface area (Å²) in [6.07, 6.45) is -1.40. The lowest BCUT2D eigenvalue weighted by molar-refractivity contribution is -0.163. The summed E-state index contributed by atoms with van der Waals surface area (Å²) in [5.74, 6) is -1.14. The van der Waals surface area contributed by atoms with Crippen LogP contribution >= 0.6 is 0 Å². The van der Waals surface area contributed by atoms with E-state index in [1.807, 2.05) is 6.07 Å². The minimum atomic E-state index is -1.40. The summed E-state index contributed by atoms with van der Waals surface area (Å²) < 4.78 is 14.3. The molecule has 0 N–H and O–H groups in total. The summed E-state index contributed by atoms with van der Waals surface area (Å²) in [6.45, 7) is 1.81. The van der Waals surface area contributed by atoms with Crippen molar-refractivity contribution >= 4 is 11.9 Å². The van der Waals surface area contributed by atoms with Crippen molar-refractivity contribution in [3.8, 4) is 5.75 Å². The normalized spacial score (nSPS) is 9.88. The summed E-state index contributed by atoms with van der Waals surface area (Å²) in [4.78, 5) is 22.8. The third-order valence-corrected chi connectivity index (χ3v) is 2.17. The predicted octanol–water partition coefficient (Wildman–Crippen LogP) is 1.09. The number of esters is 2. The van der Waals surface area contributed by atoms with Crippen LogP contribution in [-0.2, 0) is 19.1 Å². The summed E-state index contributed by atoms with van der Waals surface area (Å²) in [6, 6.07) is 7.04. The average Bonchev–Trinajstić information content (AvgIpc) is 2.36. The molecule has 0 fully saturated rings.